The maximum absolute atomic E-state index is 5.63. The van der Waals surface area contributed by atoms with Crippen molar-refractivity contribution in [3.63, 3.8) is 0 Å². The molecule has 2 fully saturated rings. The molecule has 1 N–H and O–H groups in total. The number of nitrogens with one attached hydrogen (secondary N) is 1. The van der Waals surface area contributed by atoms with E-state index < -0.39 is 0 Å². The highest BCUT2D eigenvalue weighted by Gasteiger charge is 2.38. The Morgan fingerprint density at radius 1 is 1.24 bits per heavy atom. The second-order valence-electron chi connectivity index (χ2n) is 8.73. The van der Waals surface area contributed by atoms with Gasteiger partial charge in [0.05, 0.1) is 0 Å². The van der Waals surface area contributed by atoms with E-state index >= 15 is 0 Å². The van der Waals surface area contributed by atoms with Crippen molar-refractivity contribution in [2.75, 3.05) is 39.4 Å². The lowest BCUT2D eigenvalue weighted by atomic mass is 9.78. The molecule has 2 heterocycles. The third kappa shape index (κ3) is 4.94. The number of nitrogens with zero attached hydrogens (tertiary/aromatic N) is 1. The first kappa shape index (κ1) is 17.2. The zero-order valence-electron chi connectivity index (χ0n) is 14.9. The number of ether oxygens (including phenoxy) is 1. The summed E-state index contributed by atoms with van der Waals surface area (Å²) in [6.07, 6.45) is 3.79. The van der Waals surface area contributed by atoms with Crippen molar-refractivity contribution in [1.82, 2.24) is 10.2 Å². The van der Waals surface area contributed by atoms with Crippen LogP contribution in [0.2, 0.25) is 0 Å². The lowest BCUT2D eigenvalue weighted by Gasteiger charge is -2.41. The van der Waals surface area contributed by atoms with Crippen molar-refractivity contribution >= 4 is 0 Å². The molecule has 21 heavy (non-hydrogen) atoms. The Hall–Kier alpha value is -0.120. The molecule has 1 atom stereocenters. The second-order valence-corrected chi connectivity index (χ2v) is 8.73. The van der Waals surface area contributed by atoms with Crippen LogP contribution >= 0.6 is 0 Å². The zero-order chi connectivity index (χ0) is 15.5. The molecule has 0 aromatic carbocycles. The minimum atomic E-state index is 0.426. The van der Waals surface area contributed by atoms with Gasteiger partial charge in [0.15, 0.2) is 0 Å². The molecule has 0 bridgehead atoms. The zero-order valence-corrected chi connectivity index (χ0v) is 14.9. The van der Waals surface area contributed by atoms with Gasteiger partial charge in [-0.1, -0.05) is 34.6 Å². The van der Waals surface area contributed by atoms with Gasteiger partial charge in [-0.25, -0.2) is 0 Å². The van der Waals surface area contributed by atoms with Gasteiger partial charge in [-0.3, -0.25) is 0 Å². The van der Waals surface area contributed by atoms with Crippen LogP contribution in [0.3, 0.4) is 0 Å². The van der Waals surface area contributed by atoms with Crippen LogP contribution in [0.1, 0.15) is 53.9 Å². The Kier molecular flexibility index (Phi) is 5.72. The summed E-state index contributed by atoms with van der Waals surface area (Å²) in [6.45, 7) is 18.5. The largest absolute Gasteiger partial charge is 0.381 e. The Balaban J connectivity index is 1.93. The number of hydrogen-bond acceptors (Lipinski definition) is 3. The molecule has 3 nitrogen and oxygen atoms in total. The number of rotatable bonds is 5. The SMILES string of the molecule is CC(C)NCC1(CN2CCC(C(C)(C)C)C2)CCOCC1. The van der Waals surface area contributed by atoms with Crippen molar-refractivity contribution < 1.29 is 4.74 Å². The van der Waals surface area contributed by atoms with Crippen LogP contribution in [0.5, 0.6) is 0 Å². The van der Waals surface area contributed by atoms with Crippen LogP contribution in [0.15, 0.2) is 0 Å². The summed E-state index contributed by atoms with van der Waals surface area (Å²) in [4.78, 5) is 2.73. The minimum absolute atomic E-state index is 0.426. The van der Waals surface area contributed by atoms with E-state index in [0.717, 1.165) is 25.7 Å². The fourth-order valence-electron chi connectivity index (χ4n) is 3.77. The maximum atomic E-state index is 5.63. The summed E-state index contributed by atoms with van der Waals surface area (Å²) in [6, 6.07) is 0.575. The number of hydrogen-bond donors (Lipinski definition) is 1. The van der Waals surface area contributed by atoms with E-state index in [4.69, 9.17) is 4.74 Å². The van der Waals surface area contributed by atoms with Crippen LogP contribution in [0.25, 0.3) is 0 Å². The van der Waals surface area contributed by atoms with Crippen molar-refractivity contribution in [1.29, 1.82) is 0 Å². The predicted octanol–water partition coefficient (Wildman–Crippen LogP) is 3.15. The van der Waals surface area contributed by atoms with E-state index in [0.29, 0.717) is 16.9 Å². The molecule has 0 saturated carbocycles. The van der Waals surface area contributed by atoms with E-state index in [9.17, 15) is 0 Å². The molecule has 2 aliphatic rings. The minimum Gasteiger partial charge on any atom is -0.381 e. The average molecular weight is 296 g/mol. The van der Waals surface area contributed by atoms with E-state index in [1.807, 2.05) is 0 Å². The first-order chi connectivity index (χ1) is 9.81. The summed E-state index contributed by atoms with van der Waals surface area (Å²) in [5, 5.41) is 3.69. The van der Waals surface area contributed by atoms with Gasteiger partial charge < -0.3 is 15.0 Å². The van der Waals surface area contributed by atoms with Crippen molar-refractivity contribution in [2.24, 2.45) is 16.7 Å². The maximum Gasteiger partial charge on any atom is 0.0472 e. The quantitative estimate of drug-likeness (QED) is 0.843. The third-order valence-electron chi connectivity index (χ3n) is 5.49. The molecule has 0 aromatic rings. The molecule has 3 heteroatoms. The van der Waals surface area contributed by atoms with Gasteiger partial charge in [0.1, 0.15) is 0 Å². The fourth-order valence-corrected chi connectivity index (χ4v) is 3.77. The van der Waals surface area contributed by atoms with E-state index in [2.05, 4.69) is 44.8 Å². The lowest BCUT2D eigenvalue weighted by molar-refractivity contribution is -0.00299. The van der Waals surface area contributed by atoms with E-state index in [1.165, 1.54) is 38.9 Å². The van der Waals surface area contributed by atoms with Crippen LogP contribution in [-0.2, 0) is 4.74 Å². The van der Waals surface area contributed by atoms with Gasteiger partial charge in [-0.05, 0) is 42.6 Å². The molecule has 1 unspecified atom stereocenters. The highest BCUT2D eigenvalue weighted by Crippen LogP contribution is 2.37. The molecular weight excluding hydrogens is 260 g/mol. The van der Waals surface area contributed by atoms with Gasteiger partial charge in [-0.2, -0.15) is 0 Å². The summed E-state index contributed by atoms with van der Waals surface area (Å²) >= 11 is 0. The topological polar surface area (TPSA) is 24.5 Å². The van der Waals surface area contributed by atoms with E-state index in [1.54, 1.807) is 0 Å². The van der Waals surface area contributed by atoms with Gasteiger partial charge in [-0.15, -0.1) is 0 Å². The molecule has 2 aliphatic heterocycles. The summed E-state index contributed by atoms with van der Waals surface area (Å²) < 4.78 is 5.63. The van der Waals surface area contributed by atoms with Crippen molar-refractivity contribution in [3.05, 3.63) is 0 Å². The molecule has 2 rings (SSSR count). The normalized spacial score (nSPS) is 27.4. The summed E-state index contributed by atoms with van der Waals surface area (Å²) in [5.41, 5.74) is 0.878. The average Bonchev–Trinajstić information content (AvgIpc) is 2.86. The molecule has 0 amide bonds. The molecular formula is C18H36N2O. The Labute approximate surface area is 131 Å². The van der Waals surface area contributed by atoms with E-state index in [-0.39, 0.29) is 0 Å². The monoisotopic (exact) mass is 296 g/mol. The molecule has 0 aliphatic carbocycles. The highest BCUT2D eigenvalue weighted by atomic mass is 16.5. The second kappa shape index (κ2) is 6.97. The van der Waals surface area contributed by atoms with Crippen LogP contribution in [0.4, 0.5) is 0 Å². The molecule has 124 valence electrons. The fraction of sp³-hybridized carbons (Fsp3) is 1.00. The van der Waals surface area contributed by atoms with Gasteiger partial charge in [0, 0.05) is 38.9 Å². The Morgan fingerprint density at radius 3 is 2.43 bits per heavy atom. The van der Waals surface area contributed by atoms with Gasteiger partial charge in [0.2, 0.25) is 0 Å². The summed E-state index contributed by atoms with van der Waals surface area (Å²) in [7, 11) is 0. The summed E-state index contributed by atoms with van der Waals surface area (Å²) in [5.74, 6) is 0.854. The predicted molar refractivity (Wildman–Crippen MR) is 89.6 cm³/mol. The van der Waals surface area contributed by atoms with Gasteiger partial charge in [0.25, 0.3) is 0 Å². The third-order valence-corrected chi connectivity index (χ3v) is 5.49. The van der Waals surface area contributed by atoms with Crippen LogP contribution < -0.4 is 5.32 Å². The van der Waals surface area contributed by atoms with Crippen LogP contribution in [0, 0.1) is 16.7 Å². The lowest BCUT2D eigenvalue weighted by Crippen LogP contribution is -2.48. The standard InChI is InChI=1S/C18H36N2O/c1-15(2)19-13-18(7-10-21-11-8-18)14-20-9-6-16(12-20)17(3,4)5/h15-16,19H,6-14H2,1-5H3. The molecule has 2 saturated heterocycles. The molecule has 0 aromatic heterocycles. The first-order valence-electron chi connectivity index (χ1n) is 8.84. The molecule has 0 radical (unpaired) electrons. The van der Waals surface area contributed by atoms with Crippen molar-refractivity contribution in [3.8, 4) is 0 Å². The van der Waals surface area contributed by atoms with Crippen molar-refractivity contribution in [2.45, 2.75) is 59.9 Å². The van der Waals surface area contributed by atoms with Crippen LogP contribution in [-0.4, -0.2) is 50.3 Å². The molecule has 0 spiro atoms. The Morgan fingerprint density at radius 2 is 1.90 bits per heavy atom. The number of likely N-dealkylation sites (tertiary alicyclic amines) is 1. The smallest absolute Gasteiger partial charge is 0.0472 e. The highest BCUT2D eigenvalue weighted by molar-refractivity contribution is 4.91. The van der Waals surface area contributed by atoms with Gasteiger partial charge >= 0.3 is 0 Å². The Bertz CT molecular complexity index is 316. The first-order valence-corrected chi connectivity index (χ1v) is 8.84.